The van der Waals surface area contributed by atoms with Gasteiger partial charge in [0.25, 0.3) is 5.91 Å². The number of methoxy groups -OCH3 is 2. The van der Waals surface area contributed by atoms with E-state index in [2.05, 4.69) is 5.32 Å². The molecule has 1 N–H and O–H groups in total. The van der Waals surface area contributed by atoms with Gasteiger partial charge in [-0.3, -0.25) is 4.79 Å². The minimum Gasteiger partial charge on any atom is -0.493 e. The molecule has 2 aromatic rings. The summed E-state index contributed by atoms with van der Waals surface area (Å²) in [6.45, 7) is 5.21. The van der Waals surface area contributed by atoms with Gasteiger partial charge in [-0.25, -0.2) is 9.59 Å². The Morgan fingerprint density at radius 3 is 2.37 bits per heavy atom. The zero-order chi connectivity index (χ0) is 22.3. The highest BCUT2D eigenvalue weighted by atomic mass is 32.1. The number of nitrogens with one attached hydrogen (secondary N) is 1. The summed E-state index contributed by atoms with van der Waals surface area (Å²) in [6, 6.07) is 4.77. The van der Waals surface area contributed by atoms with Crippen LogP contribution >= 0.6 is 11.3 Å². The summed E-state index contributed by atoms with van der Waals surface area (Å²) < 4.78 is 20.6. The molecule has 0 atom stereocenters. The third kappa shape index (κ3) is 5.10. The lowest BCUT2D eigenvalue weighted by atomic mass is 10.1. The molecule has 162 valence electrons. The molecule has 0 aliphatic rings. The van der Waals surface area contributed by atoms with Gasteiger partial charge < -0.3 is 24.3 Å². The maximum Gasteiger partial charge on any atom is 0.342 e. The Labute approximate surface area is 179 Å². The lowest BCUT2D eigenvalue weighted by Gasteiger charge is -2.12. The first-order valence-corrected chi connectivity index (χ1v) is 10.2. The van der Waals surface area contributed by atoms with Gasteiger partial charge in [-0.2, -0.15) is 0 Å². The van der Waals surface area contributed by atoms with E-state index in [1.165, 1.54) is 31.6 Å². The van der Waals surface area contributed by atoms with Crippen LogP contribution in [0.5, 0.6) is 11.5 Å². The van der Waals surface area contributed by atoms with Crippen LogP contribution < -0.4 is 14.8 Å². The molecule has 2 rings (SSSR count). The van der Waals surface area contributed by atoms with Gasteiger partial charge in [0.05, 0.1) is 26.4 Å². The standard InChI is InChI=1S/C21H25NO7S/c1-6-13-12(3)30-19(17(13)21(25)28-7-2)22-16(23)11-29-20(24)14-9-8-10-15(26-4)18(14)27-5/h8-10H,6-7,11H2,1-5H3,(H,22,23). The quantitative estimate of drug-likeness (QED) is 0.601. The number of carbonyl (C=O) groups excluding carboxylic acids is 3. The normalized spacial score (nSPS) is 10.3. The fourth-order valence-electron chi connectivity index (χ4n) is 2.93. The average molecular weight is 435 g/mol. The predicted molar refractivity (Wildman–Crippen MR) is 113 cm³/mol. The molecule has 1 aromatic carbocycles. The molecule has 8 nitrogen and oxygen atoms in total. The van der Waals surface area contributed by atoms with Gasteiger partial charge in [0.2, 0.25) is 0 Å². The number of rotatable bonds is 9. The van der Waals surface area contributed by atoms with E-state index in [1.807, 2.05) is 13.8 Å². The van der Waals surface area contributed by atoms with Crippen LogP contribution in [-0.4, -0.2) is 45.3 Å². The zero-order valence-corrected chi connectivity index (χ0v) is 18.4. The Balaban J connectivity index is 2.12. The van der Waals surface area contributed by atoms with Crippen LogP contribution in [0.2, 0.25) is 0 Å². The van der Waals surface area contributed by atoms with E-state index in [-0.39, 0.29) is 17.9 Å². The summed E-state index contributed by atoms with van der Waals surface area (Å²) in [7, 11) is 2.86. The topological polar surface area (TPSA) is 100 Å². The molecule has 9 heteroatoms. The number of thiophene rings is 1. The molecule has 0 aliphatic heterocycles. The van der Waals surface area contributed by atoms with Crippen molar-refractivity contribution in [3.63, 3.8) is 0 Å². The molecule has 30 heavy (non-hydrogen) atoms. The number of aryl methyl sites for hydroxylation is 1. The molecule has 0 spiro atoms. The number of amides is 1. The number of esters is 2. The number of benzene rings is 1. The second-order valence-electron chi connectivity index (χ2n) is 6.08. The number of hydrogen-bond donors (Lipinski definition) is 1. The molecule has 1 amide bonds. The summed E-state index contributed by atoms with van der Waals surface area (Å²) in [5, 5.41) is 3.03. The zero-order valence-electron chi connectivity index (χ0n) is 17.6. The largest absolute Gasteiger partial charge is 0.493 e. The third-order valence-electron chi connectivity index (χ3n) is 4.25. The molecule has 0 radical (unpaired) electrons. The lowest BCUT2D eigenvalue weighted by Crippen LogP contribution is -2.22. The van der Waals surface area contributed by atoms with E-state index in [9.17, 15) is 14.4 Å². The summed E-state index contributed by atoms with van der Waals surface area (Å²) in [5.74, 6) is -1.21. The number of carbonyl (C=O) groups is 3. The van der Waals surface area contributed by atoms with Gasteiger partial charge in [-0.05, 0) is 38.0 Å². The van der Waals surface area contributed by atoms with Gasteiger partial charge in [-0.15, -0.1) is 11.3 Å². The lowest BCUT2D eigenvalue weighted by molar-refractivity contribution is -0.119. The van der Waals surface area contributed by atoms with E-state index in [4.69, 9.17) is 18.9 Å². The third-order valence-corrected chi connectivity index (χ3v) is 5.32. The predicted octanol–water partition coefficient (Wildman–Crippen LogP) is 3.61. The van der Waals surface area contributed by atoms with Gasteiger partial charge in [0.15, 0.2) is 18.1 Å². The molecular formula is C21H25NO7S. The fraction of sp³-hybridized carbons (Fsp3) is 0.381. The van der Waals surface area contributed by atoms with E-state index in [1.54, 1.807) is 19.1 Å². The van der Waals surface area contributed by atoms with Gasteiger partial charge >= 0.3 is 11.9 Å². The first-order valence-electron chi connectivity index (χ1n) is 9.35. The Morgan fingerprint density at radius 2 is 1.77 bits per heavy atom. The minimum absolute atomic E-state index is 0.136. The molecule has 0 bridgehead atoms. The summed E-state index contributed by atoms with van der Waals surface area (Å²) in [5.41, 5.74) is 1.31. The molecule has 0 aliphatic carbocycles. The summed E-state index contributed by atoms with van der Waals surface area (Å²) in [6.07, 6.45) is 0.622. The van der Waals surface area contributed by atoms with Crippen LogP contribution in [0.4, 0.5) is 5.00 Å². The minimum atomic E-state index is -0.733. The molecule has 0 fully saturated rings. The second-order valence-corrected chi connectivity index (χ2v) is 7.31. The molecule has 1 heterocycles. The van der Waals surface area contributed by atoms with Gasteiger partial charge in [-0.1, -0.05) is 13.0 Å². The van der Waals surface area contributed by atoms with Crippen LogP contribution in [0.15, 0.2) is 18.2 Å². The maximum atomic E-state index is 12.4. The molecular weight excluding hydrogens is 410 g/mol. The Kier molecular flexibility index (Phi) is 8.23. The first-order chi connectivity index (χ1) is 14.4. The average Bonchev–Trinajstić information content (AvgIpc) is 3.05. The van der Waals surface area contributed by atoms with Crippen LogP contribution in [0.25, 0.3) is 0 Å². The van der Waals surface area contributed by atoms with Crippen molar-refractivity contribution in [1.29, 1.82) is 0 Å². The summed E-state index contributed by atoms with van der Waals surface area (Å²) in [4.78, 5) is 38.0. The van der Waals surface area contributed by atoms with E-state index < -0.39 is 24.5 Å². The highest BCUT2D eigenvalue weighted by Crippen LogP contribution is 2.34. The Hall–Kier alpha value is -3.07. The van der Waals surface area contributed by atoms with Crippen molar-refractivity contribution in [1.82, 2.24) is 0 Å². The van der Waals surface area contributed by atoms with Crippen LogP contribution in [0.3, 0.4) is 0 Å². The Bertz CT molecular complexity index is 936. The van der Waals surface area contributed by atoms with Crippen LogP contribution in [0.1, 0.15) is 45.0 Å². The highest BCUT2D eigenvalue weighted by Gasteiger charge is 2.24. The fourth-order valence-corrected chi connectivity index (χ4v) is 4.08. The van der Waals surface area contributed by atoms with Crippen molar-refractivity contribution in [2.45, 2.75) is 27.2 Å². The highest BCUT2D eigenvalue weighted by molar-refractivity contribution is 7.16. The van der Waals surface area contributed by atoms with E-state index in [0.717, 1.165) is 10.4 Å². The monoisotopic (exact) mass is 435 g/mol. The van der Waals surface area contributed by atoms with Gasteiger partial charge in [0, 0.05) is 4.88 Å². The van der Waals surface area contributed by atoms with Crippen molar-refractivity contribution < 1.29 is 33.3 Å². The van der Waals surface area contributed by atoms with Crippen molar-refractivity contribution in [2.24, 2.45) is 0 Å². The number of hydrogen-bond acceptors (Lipinski definition) is 8. The molecule has 0 unspecified atom stereocenters. The van der Waals surface area contributed by atoms with Crippen molar-refractivity contribution >= 4 is 34.2 Å². The molecule has 0 saturated carbocycles. The SMILES string of the molecule is CCOC(=O)c1c(NC(=O)COC(=O)c2cccc(OC)c2OC)sc(C)c1CC. The first kappa shape index (κ1) is 23.2. The number of anilines is 1. The van der Waals surface area contributed by atoms with Crippen LogP contribution in [0, 0.1) is 6.92 Å². The smallest absolute Gasteiger partial charge is 0.342 e. The van der Waals surface area contributed by atoms with E-state index >= 15 is 0 Å². The summed E-state index contributed by atoms with van der Waals surface area (Å²) >= 11 is 1.28. The van der Waals surface area contributed by atoms with Crippen LogP contribution in [-0.2, 0) is 20.7 Å². The maximum absolute atomic E-state index is 12.4. The van der Waals surface area contributed by atoms with Crippen molar-refractivity contribution in [3.8, 4) is 11.5 Å². The van der Waals surface area contributed by atoms with Crippen molar-refractivity contribution in [3.05, 3.63) is 39.8 Å². The second kappa shape index (κ2) is 10.6. The molecule has 0 saturated heterocycles. The van der Waals surface area contributed by atoms with E-state index in [0.29, 0.717) is 22.7 Å². The number of ether oxygens (including phenoxy) is 4. The van der Waals surface area contributed by atoms with Crippen molar-refractivity contribution in [2.75, 3.05) is 32.8 Å². The van der Waals surface area contributed by atoms with Gasteiger partial charge in [0.1, 0.15) is 10.6 Å². The Morgan fingerprint density at radius 1 is 1.03 bits per heavy atom. The number of para-hydroxylation sites is 1. The molecule has 1 aromatic heterocycles.